The van der Waals surface area contributed by atoms with Crippen LogP contribution < -0.4 is 9.64 Å². The van der Waals surface area contributed by atoms with E-state index in [1.165, 1.54) is 43.5 Å². The van der Waals surface area contributed by atoms with Crippen molar-refractivity contribution in [1.82, 2.24) is 4.31 Å². The molecule has 0 saturated heterocycles. The number of benzene rings is 3. The van der Waals surface area contributed by atoms with Crippen LogP contribution in [0, 0.1) is 11.6 Å². The predicted molar refractivity (Wildman–Crippen MR) is 122 cm³/mol. The molecule has 11 heteroatoms. The van der Waals surface area contributed by atoms with E-state index in [-0.39, 0.29) is 17.1 Å². The molecular formula is C24H20F2N2O6S. The zero-order valence-electron chi connectivity index (χ0n) is 18.4. The van der Waals surface area contributed by atoms with Crippen LogP contribution in [-0.4, -0.2) is 49.4 Å². The van der Waals surface area contributed by atoms with Crippen LogP contribution in [0.15, 0.2) is 71.6 Å². The van der Waals surface area contributed by atoms with Gasteiger partial charge in [0.25, 0.3) is 5.91 Å². The number of amides is 1. The summed E-state index contributed by atoms with van der Waals surface area (Å²) < 4.78 is 61.1. The first-order valence-electron chi connectivity index (χ1n) is 10.4. The van der Waals surface area contributed by atoms with Crippen LogP contribution in [0.4, 0.5) is 14.5 Å². The normalized spacial score (nSPS) is 16.3. The minimum atomic E-state index is -4.35. The lowest BCUT2D eigenvalue weighted by molar-refractivity contribution is -0.141. The highest BCUT2D eigenvalue weighted by Gasteiger charge is 2.42. The molecule has 4 rings (SSSR count). The Morgan fingerprint density at radius 1 is 1.00 bits per heavy atom. The van der Waals surface area contributed by atoms with Gasteiger partial charge in [-0.2, -0.15) is 4.31 Å². The van der Waals surface area contributed by atoms with Gasteiger partial charge in [-0.15, -0.1) is 0 Å². The number of hydrogen-bond acceptors (Lipinski definition) is 5. The molecule has 0 radical (unpaired) electrons. The van der Waals surface area contributed by atoms with Gasteiger partial charge >= 0.3 is 5.97 Å². The van der Waals surface area contributed by atoms with Gasteiger partial charge in [0.15, 0.2) is 11.6 Å². The van der Waals surface area contributed by atoms with Gasteiger partial charge in [-0.05, 0) is 48.0 Å². The van der Waals surface area contributed by atoms with E-state index in [9.17, 15) is 31.9 Å². The van der Waals surface area contributed by atoms with Gasteiger partial charge in [0.05, 0.1) is 24.1 Å². The largest absolute Gasteiger partial charge is 0.497 e. The molecule has 0 fully saturated rings. The van der Waals surface area contributed by atoms with E-state index in [1.807, 2.05) is 0 Å². The number of methoxy groups -OCH3 is 1. The molecule has 1 aliphatic heterocycles. The Balaban J connectivity index is 1.83. The van der Waals surface area contributed by atoms with Gasteiger partial charge < -0.3 is 14.7 Å². The van der Waals surface area contributed by atoms with Crippen LogP contribution in [0.5, 0.6) is 5.75 Å². The number of fused-ring (bicyclic) bond motifs is 1. The van der Waals surface area contributed by atoms with Crippen molar-refractivity contribution in [1.29, 1.82) is 0 Å². The molecule has 3 aromatic carbocycles. The number of ether oxygens (including phenoxy) is 1. The van der Waals surface area contributed by atoms with Crippen LogP contribution in [0.3, 0.4) is 0 Å². The number of carbonyl (C=O) groups is 2. The lowest BCUT2D eigenvalue weighted by atomic mass is 10.1. The third kappa shape index (κ3) is 4.47. The van der Waals surface area contributed by atoms with Crippen LogP contribution in [-0.2, 0) is 21.4 Å². The maximum atomic E-state index is 14.4. The first-order valence-corrected chi connectivity index (χ1v) is 11.8. The molecular weight excluding hydrogens is 482 g/mol. The van der Waals surface area contributed by atoms with E-state index in [1.54, 1.807) is 12.1 Å². The lowest BCUT2D eigenvalue weighted by Gasteiger charge is -2.28. The first kappa shape index (κ1) is 24.3. The molecule has 1 heterocycles. The second kappa shape index (κ2) is 9.43. The molecule has 1 atom stereocenters. The fourth-order valence-corrected chi connectivity index (χ4v) is 5.44. The summed E-state index contributed by atoms with van der Waals surface area (Å²) >= 11 is 0. The molecule has 0 aliphatic carbocycles. The molecule has 1 aliphatic rings. The van der Waals surface area contributed by atoms with Crippen molar-refractivity contribution in [2.45, 2.75) is 17.5 Å². The fraction of sp³-hybridized carbons (Fsp3) is 0.167. The van der Waals surface area contributed by atoms with E-state index in [2.05, 4.69) is 0 Å². The summed E-state index contributed by atoms with van der Waals surface area (Å²) in [6.45, 7) is -0.993. The number of aliphatic carboxylic acids is 1. The quantitative estimate of drug-likeness (QED) is 0.574. The average Bonchev–Trinajstić information content (AvgIpc) is 3.03. The maximum Gasteiger partial charge on any atom is 0.323 e. The molecule has 182 valence electrons. The fourth-order valence-electron chi connectivity index (χ4n) is 3.89. The van der Waals surface area contributed by atoms with Gasteiger partial charge in [-0.1, -0.05) is 24.3 Å². The molecule has 3 aromatic rings. The Hall–Kier alpha value is -3.83. The molecule has 1 unspecified atom stereocenters. The molecule has 8 nitrogen and oxygen atoms in total. The van der Waals surface area contributed by atoms with E-state index in [0.717, 1.165) is 27.4 Å². The highest BCUT2D eigenvalue weighted by atomic mass is 32.2. The number of nitrogens with zero attached hydrogens (tertiary/aromatic N) is 2. The van der Waals surface area contributed by atoms with Crippen LogP contribution in [0.25, 0.3) is 0 Å². The van der Waals surface area contributed by atoms with Crippen molar-refractivity contribution in [2.75, 3.05) is 18.6 Å². The van der Waals surface area contributed by atoms with E-state index >= 15 is 0 Å². The van der Waals surface area contributed by atoms with Crippen molar-refractivity contribution in [3.05, 3.63) is 89.5 Å². The summed E-state index contributed by atoms with van der Waals surface area (Å²) in [5.41, 5.74) is -0.0891. The van der Waals surface area contributed by atoms with Crippen molar-refractivity contribution < 1.29 is 36.6 Å². The zero-order valence-corrected chi connectivity index (χ0v) is 19.2. The summed E-state index contributed by atoms with van der Waals surface area (Å²) in [6, 6.07) is 13.0. The molecule has 1 N–H and O–H groups in total. The second-order valence-electron chi connectivity index (χ2n) is 7.73. The molecule has 0 aromatic heterocycles. The third-order valence-corrected chi connectivity index (χ3v) is 7.56. The standard InChI is InChI=1S/C24H20F2N2O6S/c1-34-16-9-11-17(12-10-16)35(32,33)28-13-15-5-2-3-8-20(15)27(14-21(28)24(30)31)23(29)18-6-4-7-19(25)22(18)26/h2-12,21H,13-14H2,1H3,(H,30,31). The average molecular weight is 502 g/mol. The van der Waals surface area contributed by atoms with Crippen molar-refractivity contribution in [2.24, 2.45) is 0 Å². The molecule has 0 saturated carbocycles. The molecule has 35 heavy (non-hydrogen) atoms. The van der Waals surface area contributed by atoms with Crippen LogP contribution in [0.2, 0.25) is 0 Å². The minimum Gasteiger partial charge on any atom is -0.497 e. The number of para-hydroxylation sites is 1. The van der Waals surface area contributed by atoms with Crippen molar-refractivity contribution >= 4 is 27.6 Å². The van der Waals surface area contributed by atoms with Gasteiger partial charge in [-0.3, -0.25) is 9.59 Å². The molecule has 0 bridgehead atoms. The summed E-state index contributed by atoms with van der Waals surface area (Å²) in [5, 5.41) is 9.98. The van der Waals surface area contributed by atoms with E-state index in [4.69, 9.17) is 4.74 Å². The van der Waals surface area contributed by atoms with E-state index < -0.39 is 51.7 Å². The summed E-state index contributed by atoms with van der Waals surface area (Å²) in [4.78, 5) is 26.4. The number of carboxylic acid groups (broad SMARTS) is 1. The summed E-state index contributed by atoms with van der Waals surface area (Å²) in [7, 11) is -2.93. The highest BCUT2D eigenvalue weighted by Crippen LogP contribution is 2.33. The van der Waals surface area contributed by atoms with Gasteiger partial charge in [-0.25, -0.2) is 17.2 Å². The Morgan fingerprint density at radius 2 is 1.69 bits per heavy atom. The van der Waals surface area contributed by atoms with Crippen molar-refractivity contribution in [3.63, 3.8) is 0 Å². The Labute approximate surface area is 200 Å². The smallest absolute Gasteiger partial charge is 0.323 e. The summed E-state index contributed by atoms with van der Waals surface area (Å²) in [5.74, 6) is -4.71. The second-order valence-corrected chi connectivity index (χ2v) is 9.62. The highest BCUT2D eigenvalue weighted by molar-refractivity contribution is 7.89. The Kier molecular flexibility index (Phi) is 6.55. The Bertz CT molecular complexity index is 1400. The van der Waals surface area contributed by atoms with Gasteiger partial charge in [0.1, 0.15) is 11.8 Å². The van der Waals surface area contributed by atoms with Crippen molar-refractivity contribution in [3.8, 4) is 5.75 Å². The maximum absolute atomic E-state index is 14.4. The molecule has 1 amide bonds. The van der Waals surface area contributed by atoms with Crippen LogP contribution >= 0.6 is 0 Å². The monoisotopic (exact) mass is 502 g/mol. The predicted octanol–water partition coefficient (Wildman–Crippen LogP) is 3.28. The number of carbonyl (C=O) groups excluding carboxylic acids is 1. The van der Waals surface area contributed by atoms with E-state index in [0.29, 0.717) is 11.3 Å². The number of anilines is 1. The minimum absolute atomic E-state index is 0.169. The molecule has 0 spiro atoms. The van der Waals surface area contributed by atoms with Crippen LogP contribution in [0.1, 0.15) is 15.9 Å². The number of halogens is 2. The number of rotatable bonds is 5. The van der Waals surface area contributed by atoms with Gasteiger partial charge in [0, 0.05) is 12.2 Å². The summed E-state index contributed by atoms with van der Waals surface area (Å²) in [6.07, 6.45) is 0. The Morgan fingerprint density at radius 3 is 2.34 bits per heavy atom. The lowest BCUT2D eigenvalue weighted by Crippen LogP contribution is -2.50. The number of hydrogen-bond donors (Lipinski definition) is 1. The topological polar surface area (TPSA) is 104 Å². The van der Waals surface area contributed by atoms with Gasteiger partial charge in [0.2, 0.25) is 10.0 Å². The first-order chi connectivity index (χ1) is 16.6. The zero-order chi connectivity index (χ0) is 25.3. The number of sulfonamides is 1. The SMILES string of the molecule is COc1ccc(S(=O)(=O)N2Cc3ccccc3N(C(=O)c3cccc(F)c3F)CC2C(=O)O)cc1. The third-order valence-electron chi connectivity index (χ3n) is 5.69. The number of carboxylic acids is 1.